The number of rotatable bonds is 2. The van der Waals surface area contributed by atoms with E-state index in [-0.39, 0.29) is 24.7 Å². The Morgan fingerprint density at radius 1 is 1.12 bits per heavy atom. The van der Waals surface area contributed by atoms with Gasteiger partial charge in [-0.15, -0.1) is 0 Å². The molecule has 3 heterocycles. The van der Waals surface area contributed by atoms with E-state index in [0.29, 0.717) is 30.6 Å². The molecule has 0 aliphatic carbocycles. The predicted octanol–water partition coefficient (Wildman–Crippen LogP) is 1.07. The van der Waals surface area contributed by atoms with Gasteiger partial charge in [-0.3, -0.25) is 19.2 Å². The van der Waals surface area contributed by atoms with E-state index in [1.165, 1.54) is 11.8 Å². The molecule has 0 spiro atoms. The Kier molecular flexibility index (Phi) is 8.83. The lowest BCUT2D eigenvalue weighted by atomic mass is 10.00. The number of nitrogens with one attached hydrogen (secondary N) is 3. The van der Waals surface area contributed by atoms with Crippen LogP contribution in [-0.2, 0) is 23.1 Å². The van der Waals surface area contributed by atoms with Crippen LogP contribution in [0.4, 0.5) is 0 Å². The Bertz CT molecular complexity index is 1430. The van der Waals surface area contributed by atoms with E-state index in [9.17, 15) is 24.3 Å². The molecule has 2 aromatic heterocycles. The fourth-order valence-corrected chi connectivity index (χ4v) is 4.79. The number of carbonyl (C=O) groups is 4. The summed E-state index contributed by atoms with van der Waals surface area (Å²) in [5.74, 6) is -1.87. The van der Waals surface area contributed by atoms with E-state index >= 15 is 0 Å². The van der Waals surface area contributed by atoms with Crippen molar-refractivity contribution < 1.29 is 24.3 Å². The van der Waals surface area contributed by atoms with Gasteiger partial charge in [0.2, 0.25) is 11.8 Å². The fraction of sp³-hybridized carbons (Fsp3) is 0.414. The summed E-state index contributed by atoms with van der Waals surface area (Å²) < 4.78 is 1.81. The minimum atomic E-state index is -1.22. The van der Waals surface area contributed by atoms with Crippen molar-refractivity contribution in [3.8, 4) is 0 Å². The number of benzene rings is 1. The quantitative estimate of drug-likeness (QED) is 0.377. The average molecular weight is 549 g/mol. The molecule has 4 rings (SSSR count). The molecule has 0 saturated carbocycles. The third-order valence-corrected chi connectivity index (χ3v) is 7.05. The first-order chi connectivity index (χ1) is 19.0. The minimum absolute atomic E-state index is 0.00525. The summed E-state index contributed by atoms with van der Waals surface area (Å²) in [6, 6.07) is 8.75. The Balaban J connectivity index is 1.61. The maximum atomic E-state index is 13.6. The molecule has 0 saturated heterocycles. The smallest absolute Gasteiger partial charge is 0.273 e. The number of carbonyl (C=O) groups excluding carboxylic acids is 4. The summed E-state index contributed by atoms with van der Waals surface area (Å²) in [4.78, 5) is 58.4. The van der Waals surface area contributed by atoms with E-state index in [2.05, 4.69) is 20.9 Å². The highest BCUT2D eigenvalue weighted by Crippen LogP contribution is 2.16. The number of fused-ring (bicyclic) bond motifs is 3. The normalized spacial score (nSPS) is 20.3. The highest BCUT2D eigenvalue weighted by Gasteiger charge is 2.29. The third kappa shape index (κ3) is 6.66. The third-order valence-electron chi connectivity index (χ3n) is 7.05. The summed E-state index contributed by atoms with van der Waals surface area (Å²) in [5.41, 5.74) is 3.13. The second-order valence-electron chi connectivity index (χ2n) is 10.4. The van der Waals surface area contributed by atoms with Gasteiger partial charge in [0.05, 0.1) is 12.6 Å². The SMILES string of the molecule is Cc1ccc2cc1CCCNC(=O)CN(C(=O)c1ccc3ccn(C)c3n1)C[C@@H](C)NC(=O)[C@H]([C@@H](C)O)NC2=O. The van der Waals surface area contributed by atoms with Crippen molar-refractivity contribution >= 4 is 34.7 Å². The van der Waals surface area contributed by atoms with E-state index < -0.39 is 35.9 Å². The summed E-state index contributed by atoms with van der Waals surface area (Å²) in [6.07, 6.45) is 1.92. The largest absolute Gasteiger partial charge is 0.391 e. The van der Waals surface area contributed by atoms with Crippen LogP contribution in [0.25, 0.3) is 11.0 Å². The Morgan fingerprint density at radius 2 is 1.90 bits per heavy atom. The Labute approximate surface area is 232 Å². The number of hydrogen-bond donors (Lipinski definition) is 4. The van der Waals surface area contributed by atoms with Crippen LogP contribution < -0.4 is 16.0 Å². The molecule has 3 aromatic rings. The molecule has 11 nitrogen and oxygen atoms in total. The molecule has 212 valence electrons. The number of aromatic nitrogens is 2. The minimum Gasteiger partial charge on any atom is -0.391 e. The van der Waals surface area contributed by atoms with Gasteiger partial charge in [-0.1, -0.05) is 6.07 Å². The molecule has 0 radical (unpaired) electrons. The highest BCUT2D eigenvalue weighted by molar-refractivity contribution is 5.98. The molecular formula is C29H36N6O5. The predicted molar refractivity (Wildman–Crippen MR) is 150 cm³/mol. The van der Waals surface area contributed by atoms with Crippen LogP contribution in [0.3, 0.4) is 0 Å². The van der Waals surface area contributed by atoms with Crippen LogP contribution in [-0.4, -0.2) is 81.0 Å². The van der Waals surface area contributed by atoms with Crippen LogP contribution in [0.1, 0.15) is 52.2 Å². The Hall–Kier alpha value is -4.25. The van der Waals surface area contributed by atoms with Gasteiger partial charge in [0.1, 0.15) is 17.4 Å². The summed E-state index contributed by atoms with van der Waals surface area (Å²) >= 11 is 0. The second kappa shape index (κ2) is 12.3. The maximum Gasteiger partial charge on any atom is 0.273 e. The summed E-state index contributed by atoms with van der Waals surface area (Å²) in [5, 5.41) is 19.5. The van der Waals surface area contributed by atoms with Gasteiger partial charge in [-0.25, -0.2) is 4.98 Å². The molecule has 1 aliphatic rings. The van der Waals surface area contributed by atoms with Crippen LogP contribution >= 0.6 is 0 Å². The molecule has 0 fully saturated rings. The lowest BCUT2D eigenvalue weighted by molar-refractivity contribution is -0.126. The first-order valence-electron chi connectivity index (χ1n) is 13.4. The van der Waals surface area contributed by atoms with Crippen molar-refractivity contribution in [3.63, 3.8) is 0 Å². The molecule has 3 atom stereocenters. The van der Waals surface area contributed by atoms with Crippen molar-refractivity contribution in [2.24, 2.45) is 7.05 Å². The van der Waals surface area contributed by atoms with E-state index in [4.69, 9.17) is 0 Å². The second-order valence-corrected chi connectivity index (χ2v) is 10.4. The lowest BCUT2D eigenvalue weighted by Crippen LogP contribution is -2.56. The number of aliphatic hydroxyl groups excluding tert-OH is 1. The standard InChI is InChI=1S/C29H36N6O5/c1-17-7-8-22-14-21(17)6-5-12-30-24(37)16-35(15-18(2)31-28(39)25(19(3)36)33-27(22)38)29(40)23-10-9-20-11-13-34(4)26(20)32-23/h7-11,13-14,18-19,25,36H,5-6,12,15-16H2,1-4H3,(H,30,37)(H,31,39)(H,33,38)/t18-,19-,25+/m1/s1. The fourth-order valence-electron chi connectivity index (χ4n) is 4.79. The van der Waals surface area contributed by atoms with Crippen molar-refractivity contribution in [1.82, 2.24) is 30.4 Å². The van der Waals surface area contributed by atoms with Gasteiger partial charge < -0.3 is 30.5 Å². The first-order valence-corrected chi connectivity index (χ1v) is 13.4. The van der Waals surface area contributed by atoms with E-state index in [1.54, 1.807) is 35.8 Å². The highest BCUT2D eigenvalue weighted by atomic mass is 16.3. The first kappa shape index (κ1) is 28.8. The van der Waals surface area contributed by atoms with Gasteiger partial charge in [-0.2, -0.15) is 0 Å². The molecule has 1 aromatic carbocycles. The molecule has 2 bridgehead atoms. The average Bonchev–Trinajstić information content (AvgIpc) is 3.28. The van der Waals surface area contributed by atoms with Gasteiger partial charge >= 0.3 is 0 Å². The van der Waals surface area contributed by atoms with Crippen molar-refractivity contribution in [1.29, 1.82) is 0 Å². The molecular weight excluding hydrogens is 512 g/mol. The zero-order valence-corrected chi connectivity index (χ0v) is 23.2. The number of aryl methyl sites for hydroxylation is 3. The van der Waals surface area contributed by atoms with Gasteiger partial charge in [-0.05, 0) is 75.1 Å². The molecule has 11 heteroatoms. The van der Waals surface area contributed by atoms with Crippen LogP contribution in [0, 0.1) is 6.92 Å². The monoisotopic (exact) mass is 548 g/mol. The van der Waals surface area contributed by atoms with Crippen molar-refractivity contribution in [2.45, 2.75) is 51.8 Å². The lowest BCUT2D eigenvalue weighted by Gasteiger charge is -2.28. The van der Waals surface area contributed by atoms with Crippen LogP contribution in [0.5, 0.6) is 0 Å². The van der Waals surface area contributed by atoms with Crippen molar-refractivity contribution in [2.75, 3.05) is 19.6 Å². The van der Waals surface area contributed by atoms with Crippen molar-refractivity contribution in [3.05, 3.63) is 65.0 Å². The number of pyridine rings is 1. The number of aliphatic hydroxyl groups is 1. The number of hydrogen-bond acceptors (Lipinski definition) is 6. The Morgan fingerprint density at radius 3 is 2.65 bits per heavy atom. The molecule has 40 heavy (non-hydrogen) atoms. The summed E-state index contributed by atoms with van der Waals surface area (Å²) in [7, 11) is 1.83. The number of amides is 4. The van der Waals surface area contributed by atoms with E-state index in [1.807, 2.05) is 32.3 Å². The maximum absolute atomic E-state index is 13.6. The van der Waals surface area contributed by atoms with Crippen LogP contribution in [0.15, 0.2) is 42.6 Å². The van der Waals surface area contributed by atoms with Crippen LogP contribution in [0.2, 0.25) is 0 Å². The van der Waals surface area contributed by atoms with Gasteiger partial charge in [0, 0.05) is 43.3 Å². The number of nitrogens with zero attached hydrogens (tertiary/aromatic N) is 3. The van der Waals surface area contributed by atoms with Gasteiger partial charge in [0.25, 0.3) is 11.8 Å². The molecule has 0 unspecified atom stereocenters. The summed E-state index contributed by atoms with van der Waals surface area (Å²) in [6.45, 7) is 5.22. The molecule has 4 amide bonds. The molecule has 4 N–H and O–H groups in total. The topological polar surface area (TPSA) is 146 Å². The van der Waals surface area contributed by atoms with E-state index in [0.717, 1.165) is 16.5 Å². The zero-order valence-electron chi connectivity index (χ0n) is 23.2. The molecule has 1 aliphatic heterocycles. The van der Waals surface area contributed by atoms with Gasteiger partial charge in [0.15, 0.2) is 0 Å². The zero-order chi connectivity index (χ0) is 29.0.